The number of hydrogen-bond acceptors (Lipinski definition) is 4. The fourth-order valence-corrected chi connectivity index (χ4v) is 2.98. The summed E-state index contributed by atoms with van der Waals surface area (Å²) in [5.74, 6) is 0.701. The van der Waals surface area contributed by atoms with Gasteiger partial charge in [0.05, 0.1) is 0 Å². The Hall–Kier alpha value is -4.32. The van der Waals surface area contributed by atoms with Crippen LogP contribution >= 0.6 is 0 Å². The molecule has 0 heterocycles. The molecule has 0 aromatic heterocycles. The van der Waals surface area contributed by atoms with Crippen molar-refractivity contribution in [1.82, 2.24) is 0 Å². The lowest BCUT2D eigenvalue weighted by Crippen LogP contribution is -2.13. The van der Waals surface area contributed by atoms with E-state index in [4.69, 9.17) is 21.1 Å². The van der Waals surface area contributed by atoms with Crippen LogP contribution in [-0.4, -0.2) is 25.9 Å². The van der Waals surface area contributed by atoms with E-state index >= 15 is 0 Å². The molecule has 3 aromatic carbocycles. The van der Waals surface area contributed by atoms with Crippen molar-refractivity contribution in [1.29, 1.82) is 0 Å². The minimum atomic E-state index is 0.351. The predicted molar refractivity (Wildman–Crippen MR) is 133 cm³/mol. The Morgan fingerprint density at radius 1 is 0.594 bits per heavy atom. The molecule has 0 aliphatic heterocycles. The van der Waals surface area contributed by atoms with Crippen LogP contribution in [0, 0.1) is 0 Å². The molecule has 0 fully saturated rings. The molecule has 6 heteroatoms. The Morgan fingerprint density at radius 3 is 1.34 bits per heavy atom. The van der Waals surface area contributed by atoms with E-state index in [2.05, 4.69) is 52.8 Å². The summed E-state index contributed by atoms with van der Waals surface area (Å²) in [6.45, 7) is 0. The zero-order valence-electron chi connectivity index (χ0n) is 18.1. The average molecular weight is 427 g/mol. The molecule has 0 unspecified atom stereocenters. The first-order chi connectivity index (χ1) is 15.6. The molecule has 0 amide bonds. The van der Waals surface area contributed by atoms with E-state index in [1.54, 1.807) is 0 Å². The number of hydrogen-bond donors (Lipinski definition) is 2. The lowest BCUT2D eigenvalue weighted by molar-refractivity contribution is 0.213. The molecular weight excluding hydrogens is 400 g/mol. The maximum Gasteiger partial charge on any atom is 0.170 e. The van der Waals surface area contributed by atoms with E-state index in [0.717, 1.165) is 33.4 Å². The second kappa shape index (κ2) is 11.2. The molecule has 0 aliphatic carbocycles. The summed E-state index contributed by atoms with van der Waals surface area (Å²) in [6.07, 6.45) is 8.26. The SMILES string of the molecule is CO/N=C(\N)c1ccc(/C=C/c2cccc(/C=C/c3ccc(/C(N)=N\OC)cc3)c2)cc1. The zero-order valence-corrected chi connectivity index (χ0v) is 18.1. The highest BCUT2D eigenvalue weighted by atomic mass is 16.6. The van der Waals surface area contributed by atoms with Crippen LogP contribution in [0.3, 0.4) is 0 Å². The van der Waals surface area contributed by atoms with Crippen molar-refractivity contribution in [2.45, 2.75) is 0 Å². The highest BCUT2D eigenvalue weighted by Gasteiger charge is 1.99. The molecule has 4 N–H and O–H groups in total. The first-order valence-corrected chi connectivity index (χ1v) is 9.99. The molecule has 0 saturated carbocycles. The lowest BCUT2D eigenvalue weighted by Gasteiger charge is -2.02. The quantitative estimate of drug-likeness (QED) is 0.239. The molecular formula is C26H26N4O2. The van der Waals surface area contributed by atoms with Gasteiger partial charge in [-0.2, -0.15) is 0 Å². The Bertz CT molecular complexity index is 1060. The van der Waals surface area contributed by atoms with Crippen molar-refractivity contribution in [2.75, 3.05) is 14.2 Å². The van der Waals surface area contributed by atoms with Crippen molar-refractivity contribution in [2.24, 2.45) is 21.8 Å². The van der Waals surface area contributed by atoms with Gasteiger partial charge in [0.15, 0.2) is 11.7 Å². The van der Waals surface area contributed by atoms with Crippen LogP contribution in [0.25, 0.3) is 24.3 Å². The summed E-state index contributed by atoms with van der Waals surface area (Å²) < 4.78 is 0. The number of amidine groups is 2. The zero-order chi connectivity index (χ0) is 22.8. The van der Waals surface area contributed by atoms with Gasteiger partial charge in [0.1, 0.15) is 14.2 Å². The van der Waals surface area contributed by atoms with Gasteiger partial charge in [-0.05, 0) is 28.3 Å². The monoisotopic (exact) mass is 426 g/mol. The molecule has 6 nitrogen and oxygen atoms in total. The molecule has 0 atom stereocenters. The van der Waals surface area contributed by atoms with Gasteiger partial charge >= 0.3 is 0 Å². The van der Waals surface area contributed by atoms with Crippen molar-refractivity contribution in [3.05, 3.63) is 106 Å². The van der Waals surface area contributed by atoms with E-state index in [1.807, 2.05) is 54.6 Å². The van der Waals surface area contributed by atoms with Crippen molar-refractivity contribution >= 4 is 36.0 Å². The molecule has 3 rings (SSSR count). The fourth-order valence-electron chi connectivity index (χ4n) is 2.98. The highest BCUT2D eigenvalue weighted by molar-refractivity contribution is 5.97. The molecule has 32 heavy (non-hydrogen) atoms. The van der Waals surface area contributed by atoms with Gasteiger partial charge in [-0.1, -0.05) is 101 Å². The third-order valence-corrected chi connectivity index (χ3v) is 4.64. The molecule has 162 valence electrons. The van der Waals surface area contributed by atoms with Crippen LogP contribution in [0.4, 0.5) is 0 Å². The van der Waals surface area contributed by atoms with Gasteiger partial charge in [-0.25, -0.2) is 0 Å². The number of nitrogens with zero attached hydrogens (tertiary/aromatic N) is 2. The Balaban J connectivity index is 1.67. The van der Waals surface area contributed by atoms with Gasteiger partial charge < -0.3 is 21.1 Å². The highest BCUT2D eigenvalue weighted by Crippen LogP contribution is 2.14. The third-order valence-electron chi connectivity index (χ3n) is 4.64. The Morgan fingerprint density at radius 2 is 0.969 bits per heavy atom. The summed E-state index contributed by atoms with van der Waals surface area (Å²) in [6, 6.07) is 23.9. The second-order valence-electron chi connectivity index (χ2n) is 6.90. The van der Waals surface area contributed by atoms with E-state index in [-0.39, 0.29) is 0 Å². The van der Waals surface area contributed by atoms with Gasteiger partial charge in [0, 0.05) is 11.1 Å². The standard InChI is InChI=1S/C26H26N4O2/c1-31-29-25(27)23-14-10-19(11-15-23)6-8-21-4-3-5-22(18-21)9-7-20-12-16-24(17-13-20)26(28)30-32-2/h3-18H,1-2H3,(H2,27,29)(H2,28,30)/b8-6+,9-7+. The van der Waals surface area contributed by atoms with Gasteiger partial charge in [-0.3, -0.25) is 0 Å². The van der Waals surface area contributed by atoms with E-state index in [1.165, 1.54) is 14.2 Å². The van der Waals surface area contributed by atoms with Crippen LogP contribution in [-0.2, 0) is 9.68 Å². The van der Waals surface area contributed by atoms with E-state index < -0.39 is 0 Å². The van der Waals surface area contributed by atoms with Gasteiger partial charge in [0.2, 0.25) is 0 Å². The Kier molecular flexibility index (Phi) is 7.81. The summed E-state index contributed by atoms with van der Waals surface area (Å²) in [7, 11) is 2.94. The van der Waals surface area contributed by atoms with Crippen molar-refractivity contribution in [3.63, 3.8) is 0 Å². The lowest BCUT2D eigenvalue weighted by atomic mass is 10.1. The molecule has 0 saturated heterocycles. The maximum atomic E-state index is 5.83. The Labute approximate surface area is 188 Å². The van der Waals surface area contributed by atoms with Crippen LogP contribution in [0.15, 0.2) is 83.1 Å². The molecule has 0 spiro atoms. The third kappa shape index (κ3) is 6.34. The van der Waals surface area contributed by atoms with E-state index in [9.17, 15) is 0 Å². The summed E-state index contributed by atoms with van der Waals surface area (Å²) in [5, 5.41) is 7.48. The molecule has 3 aromatic rings. The van der Waals surface area contributed by atoms with Crippen LogP contribution < -0.4 is 11.5 Å². The second-order valence-corrected chi connectivity index (χ2v) is 6.90. The maximum absolute atomic E-state index is 5.83. The largest absolute Gasteiger partial charge is 0.397 e. The average Bonchev–Trinajstić information content (AvgIpc) is 2.83. The number of benzene rings is 3. The normalized spacial score (nSPS) is 12.4. The first kappa shape index (κ1) is 22.4. The van der Waals surface area contributed by atoms with Gasteiger partial charge in [0.25, 0.3) is 0 Å². The summed E-state index contributed by atoms with van der Waals surface area (Å²) >= 11 is 0. The van der Waals surface area contributed by atoms with Crippen molar-refractivity contribution in [3.8, 4) is 0 Å². The number of rotatable bonds is 8. The molecule has 0 aliphatic rings. The fraction of sp³-hybridized carbons (Fsp3) is 0.0769. The minimum Gasteiger partial charge on any atom is -0.397 e. The first-order valence-electron chi connectivity index (χ1n) is 9.99. The molecule has 0 radical (unpaired) electrons. The summed E-state index contributed by atoms with van der Waals surface area (Å²) in [4.78, 5) is 9.41. The molecule has 0 bridgehead atoms. The van der Waals surface area contributed by atoms with Crippen LogP contribution in [0.5, 0.6) is 0 Å². The van der Waals surface area contributed by atoms with Crippen molar-refractivity contribution < 1.29 is 9.68 Å². The minimum absolute atomic E-state index is 0.351. The predicted octanol–water partition coefficient (Wildman–Crippen LogP) is 4.56. The van der Waals surface area contributed by atoms with Gasteiger partial charge in [-0.15, -0.1) is 0 Å². The number of oxime groups is 2. The van der Waals surface area contributed by atoms with Crippen LogP contribution in [0.1, 0.15) is 33.4 Å². The van der Waals surface area contributed by atoms with Crippen LogP contribution in [0.2, 0.25) is 0 Å². The summed E-state index contributed by atoms with van der Waals surface area (Å²) in [5.41, 5.74) is 17.6. The topological polar surface area (TPSA) is 95.2 Å². The van der Waals surface area contributed by atoms with E-state index in [0.29, 0.717) is 11.7 Å². The smallest absolute Gasteiger partial charge is 0.170 e. The number of nitrogens with two attached hydrogens (primary N) is 2.